The van der Waals surface area contributed by atoms with Gasteiger partial charge in [-0.25, -0.2) is 8.42 Å². The zero-order valence-electron chi connectivity index (χ0n) is 19.4. The van der Waals surface area contributed by atoms with E-state index in [1.165, 1.54) is 31.7 Å². The van der Waals surface area contributed by atoms with Crippen LogP contribution in [0.2, 0.25) is 0 Å². The Hall–Kier alpha value is -3.08. The van der Waals surface area contributed by atoms with Crippen LogP contribution >= 0.6 is 0 Å². The van der Waals surface area contributed by atoms with Crippen LogP contribution in [0.1, 0.15) is 11.1 Å². The summed E-state index contributed by atoms with van der Waals surface area (Å²) in [5.41, 5.74) is 2.28. The molecule has 2 heterocycles. The van der Waals surface area contributed by atoms with E-state index in [1.807, 2.05) is 0 Å². The van der Waals surface area contributed by atoms with Crippen molar-refractivity contribution in [2.75, 3.05) is 59.1 Å². The number of ether oxygens (including phenoxy) is 4. The molecule has 0 aliphatic carbocycles. The zero-order chi connectivity index (χ0) is 24.3. The number of hydrogen-bond acceptors (Lipinski definition) is 7. The number of benzene rings is 2. The van der Waals surface area contributed by atoms with Crippen molar-refractivity contribution in [2.45, 2.75) is 11.3 Å². The molecule has 0 unspecified atom stereocenters. The SMILES string of the molecule is COc1cc(/C=C/C(=O)N2CCc3cc(S(=O)(=O)N4CCOCC4)ccc32)cc(OC)c1OC. The average Bonchev–Trinajstić information content (AvgIpc) is 3.30. The van der Waals surface area contributed by atoms with Crippen LogP contribution in [-0.4, -0.2) is 72.8 Å². The lowest BCUT2D eigenvalue weighted by Crippen LogP contribution is -2.40. The van der Waals surface area contributed by atoms with Gasteiger partial charge in [0.2, 0.25) is 15.8 Å². The molecule has 0 atom stereocenters. The molecule has 10 heteroatoms. The summed E-state index contributed by atoms with van der Waals surface area (Å²) in [4.78, 5) is 14.8. The molecule has 4 rings (SSSR count). The molecule has 0 bridgehead atoms. The van der Waals surface area contributed by atoms with Crippen molar-refractivity contribution in [2.24, 2.45) is 0 Å². The van der Waals surface area contributed by atoms with Gasteiger partial charge in [-0.05, 0) is 54.0 Å². The quantitative estimate of drug-likeness (QED) is 0.552. The number of nitrogens with zero attached hydrogens (tertiary/aromatic N) is 2. The van der Waals surface area contributed by atoms with Gasteiger partial charge in [-0.1, -0.05) is 0 Å². The first-order valence-corrected chi connectivity index (χ1v) is 12.3. The van der Waals surface area contributed by atoms with Crippen LogP contribution in [0, 0.1) is 0 Å². The molecule has 2 aliphatic heterocycles. The van der Waals surface area contributed by atoms with Crippen LogP contribution < -0.4 is 19.1 Å². The standard InChI is InChI=1S/C24H28N2O7S/c1-30-21-14-17(15-22(31-2)24(21)32-3)4-7-23(27)26-9-8-18-16-19(5-6-20(18)26)34(28,29)25-10-12-33-13-11-25/h4-7,14-16H,8-13H2,1-3H3/b7-4+. The monoisotopic (exact) mass is 488 g/mol. The minimum absolute atomic E-state index is 0.198. The first-order chi connectivity index (χ1) is 16.4. The molecule has 2 aromatic carbocycles. The highest BCUT2D eigenvalue weighted by atomic mass is 32.2. The van der Waals surface area contributed by atoms with E-state index in [4.69, 9.17) is 18.9 Å². The summed E-state index contributed by atoms with van der Waals surface area (Å²) in [6.45, 7) is 1.95. The number of hydrogen-bond donors (Lipinski definition) is 0. The van der Waals surface area contributed by atoms with Crippen molar-refractivity contribution in [3.8, 4) is 17.2 Å². The van der Waals surface area contributed by atoms with Crippen molar-refractivity contribution in [1.82, 2.24) is 4.31 Å². The zero-order valence-corrected chi connectivity index (χ0v) is 20.3. The lowest BCUT2D eigenvalue weighted by atomic mass is 10.1. The maximum atomic E-state index is 13.0. The fourth-order valence-electron chi connectivity index (χ4n) is 4.16. The predicted octanol–water partition coefficient (Wildman–Crippen LogP) is 2.34. The Bertz CT molecular complexity index is 1180. The van der Waals surface area contributed by atoms with Gasteiger partial charge in [0.15, 0.2) is 11.5 Å². The molecule has 9 nitrogen and oxygen atoms in total. The molecule has 0 aromatic heterocycles. The largest absolute Gasteiger partial charge is 0.493 e. The third-order valence-electron chi connectivity index (χ3n) is 5.93. The molecule has 1 amide bonds. The normalized spacial score (nSPS) is 16.5. The molecule has 1 saturated heterocycles. The van der Waals surface area contributed by atoms with Crippen LogP contribution in [0.3, 0.4) is 0 Å². The van der Waals surface area contributed by atoms with Crippen molar-refractivity contribution < 1.29 is 32.2 Å². The molecule has 34 heavy (non-hydrogen) atoms. The van der Waals surface area contributed by atoms with E-state index in [1.54, 1.807) is 41.3 Å². The first-order valence-electron chi connectivity index (χ1n) is 10.9. The number of amides is 1. The highest BCUT2D eigenvalue weighted by Crippen LogP contribution is 2.38. The van der Waals surface area contributed by atoms with Gasteiger partial charge < -0.3 is 23.8 Å². The van der Waals surface area contributed by atoms with Crippen LogP contribution in [-0.2, 0) is 26.0 Å². The van der Waals surface area contributed by atoms with E-state index in [0.29, 0.717) is 62.1 Å². The number of fused-ring (bicyclic) bond motifs is 1. The van der Waals surface area contributed by atoms with E-state index in [2.05, 4.69) is 0 Å². The minimum Gasteiger partial charge on any atom is -0.493 e. The van der Waals surface area contributed by atoms with Crippen LogP contribution in [0.15, 0.2) is 41.3 Å². The second-order valence-electron chi connectivity index (χ2n) is 7.84. The summed E-state index contributed by atoms with van der Waals surface area (Å²) in [5.74, 6) is 1.27. The van der Waals surface area contributed by atoms with Crippen molar-refractivity contribution in [1.29, 1.82) is 0 Å². The smallest absolute Gasteiger partial charge is 0.251 e. The van der Waals surface area contributed by atoms with Gasteiger partial charge in [-0.15, -0.1) is 0 Å². The summed E-state index contributed by atoms with van der Waals surface area (Å²) < 4.78 is 48.7. The molecule has 2 aromatic rings. The first kappa shape index (κ1) is 24.1. The van der Waals surface area contributed by atoms with Gasteiger partial charge in [0.25, 0.3) is 5.91 Å². The highest BCUT2D eigenvalue weighted by molar-refractivity contribution is 7.89. The number of methoxy groups -OCH3 is 3. The fourth-order valence-corrected chi connectivity index (χ4v) is 5.62. The molecule has 1 fully saturated rings. The molecule has 182 valence electrons. The third kappa shape index (κ3) is 4.61. The predicted molar refractivity (Wildman–Crippen MR) is 127 cm³/mol. The summed E-state index contributed by atoms with van der Waals surface area (Å²) in [6, 6.07) is 8.47. The van der Waals surface area contributed by atoms with Crippen molar-refractivity contribution in [3.05, 3.63) is 47.5 Å². The Kier molecular flexibility index (Phi) is 7.11. The Morgan fingerprint density at radius 1 is 0.971 bits per heavy atom. The number of morpholine rings is 1. The molecule has 0 saturated carbocycles. The second kappa shape index (κ2) is 10.0. The van der Waals surface area contributed by atoms with Gasteiger partial charge in [0.05, 0.1) is 39.4 Å². The Balaban J connectivity index is 1.53. The van der Waals surface area contributed by atoms with Crippen LogP contribution in [0.4, 0.5) is 5.69 Å². The summed E-state index contributed by atoms with van der Waals surface area (Å²) in [5, 5.41) is 0. The number of carbonyl (C=O) groups excluding carboxylic acids is 1. The Labute approximate surface area is 199 Å². The lowest BCUT2D eigenvalue weighted by molar-refractivity contribution is -0.114. The van der Waals surface area contributed by atoms with Crippen molar-refractivity contribution >= 4 is 27.7 Å². The van der Waals surface area contributed by atoms with E-state index < -0.39 is 10.0 Å². The fraction of sp³-hybridized carbons (Fsp3) is 0.375. The van der Waals surface area contributed by atoms with Gasteiger partial charge >= 0.3 is 0 Å². The van der Waals surface area contributed by atoms with E-state index in [-0.39, 0.29) is 10.8 Å². The van der Waals surface area contributed by atoms with Gasteiger partial charge in [-0.2, -0.15) is 4.31 Å². The molecule has 0 spiro atoms. The van der Waals surface area contributed by atoms with Gasteiger partial charge in [0, 0.05) is 31.4 Å². The number of anilines is 1. The van der Waals surface area contributed by atoms with Crippen LogP contribution in [0.5, 0.6) is 17.2 Å². The maximum Gasteiger partial charge on any atom is 0.251 e. The molecule has 2 aliphatic rings. The summed E-state index contributed by atoms with van der Waals surface area (Å²) in [7, 11) is 1.01. The second-order valence-corrected chi connectivity index (χ2v) is 9.78. The molecular formula is C24H28N2O7S. The van der Waals surface area contributed by atoms with Gasteiger partial charge in [0.1, 0.15) is 0 Å². The van der Waals surface area contributed by atoms with E-state index in [0.717, 1.165) is 11.3 Å². The minimum atomic E-state index is -3.58. The topological polar surface area (TPSA) is 94.6 Å². The number of carbonyl (C=O) groups is 1. The van der Waals surface area contributed by atoms with E-state index in [9.17, 15) is 13.2 Å². The lowest BCUT2D eigenvalue weighted by Gasteiger charge is -2.26. The van der Waals surface area contributed by atoms with E-state index >= 15 is 0 Å². The third-order valence-corrected chi connectivity index (χ3v) is 7.82. The number of sulfonamides is 1. The van der Waals surface area contributed by atoms with Crippen LogP contribution in [0.25, 0.3) is 6.08 Å². The molecule has 0 N–H and O–H groups in total. The Morgan fingerprint density at radius 2 is 1.65 bits per heavy atom. The molecular weight excluding hydrogens is 460 g/mol. The molecule has 0 radical (unpaired) electrons. The average molecular weight is 489 g/mol. The Morgan fingerprint density at radius 3 is 2.26 bits per heavy atom. The number of rotatable bonds is 7. The summed E-state index contributed by atoms with van der Waals surface area (Å²) in [6.07, 6.45) is 3.75. The van der Waals surface area contributed by atoms with Crippen molar-refractivity contribution in [3.63, 3.8) is 0 Å². The summed E-state index contributed by atoms with van der Waals surface area (Å²) >= 11 is 0. The highest BCUT2D eigenvalue weighted by Gasteiger charge is 2.29. The van der Waals surface area contributed by atoms with Gasteiger partial charge in [-0.3, -0.25) is 4.79 Å². The maximum absolute atomic E-state index is 13.0.